The van der Waals surface area contributed by atoms with Crippen molar-refractivity contribution in [2.45, 2.75) is 0 Å². The lowest BCUT2D eigenvalue weighted by Gasteiger charge is -2.01. The summed E-state index contributed by atoms with van der Waals surface area (Å²) in [4.78, 5) is 22.2. The van der Waals surface area contributed by atoms with Crippen molar-refractivity contribution in [3.63, 3.8) is 0 Å². The predicted molar refractivity (Wildman–Crippen MR) is 58.3 cm³/mol. The topological polar surface area (TPSA) is 89.4 Å². The minimum Gasteiger partial charge on any atom is -0.477 e. The van der Waals surface area contributed by atoms with Gasteiger partial charge in [-0.1, -0.05) is 22.7 Å². The van der Waals surface area contributed by atoms with E-state index in [1.54, 1.807) is 30.3 Å². The Hall–Kier alpha value is -2.28. The number of aromatic nitrogens is 2. The fourth-order valence-corrected chi connectivity index (χ4v) is 1.60. The van der Waals surface area contributed by atoms with Gasteiger partial charge in [0.1, 0.15) is 5.75 Å². The van der Waals surface area contributed by atoms with Crippen LogP contribution >= 0.6 is 11.5 Å². The summed E-state index contributed by atoms with van der Waals surface area (Å²) in [6.07, 6.45) is 0. The zero-order valence-electron chi connectivity index (χ0n) is 8.36. The van der Waals surface area contributed by atoms with Crippen LogP contribution in [0.1, 0.15) is 20.2 Å². The Bertz CT molecular complexity index is 552. The summed E-state index contributed by atoms with van der Waals surface area (Å²) in [7, 11) is 0. The molecule has 0 aliphatic carbocycles. The van der Waals surface area contributed by atoms with Gasteiger partial charge in [0.2, 0.25) is 0 Å². The Morgan fingerprint density at radius 1 is 1.24 bits per heavy atom. The summed E-state index contributed by atoms with van der Waals surface area (Å²) in [5.41, 5.74) is -0.286. The molecule has 7 heteroatoms. The monoisotopic (exact) mass is 250 g/mol. The first kappa shape index (κ1) is 11.2. The fraction of sp³-hybridized carbons (Fsp3) is 0. The number of carbonyl (C=O) groups excluding carboxylic acids is 1. The number of aromatic carboxylic acids is 1. The molecule has 2 aromatic rings. The lowest BCUT2D eigenvalue weighted by Crippen LogP contribution is -2.13. The van der Waals surface area contributed by atoms with Crippen molar-refractivity contribution < 1.29 is 19.4 Å². The summed E-state index contributed by atoms with van der Waals surface area (Å²) in [5, 5.41) is 12.2. The van der Waals surface area contributed by atoms with Crippen molar-refractivity contribution in [2.75, 3.05) is 0 Å². The van der Waals surface area contributed by atoms with Gasteiger partial charge in [-0.2, -0.15) is 0 Å². The maximum Gasteiger partial charge on any atom is 0.366 e. The number of benzene rings is 1. The largest absolute Gasteiger partial charge is 0.477 e. The molecule has 0 aliphatic heterocycles. The number of hydrogen-bond acceptors (Lipinski definition) is 6. The van der Waals surface area contributed by atoms with E-state index >= 15 is 0 Å². The summed E-state index contributed by atoms with van der Waals surface area (Å²) in [6, 6.07) is 8.32. The van der Waals surface area contributed by atoms with Gasteiger partial charge in [0.15, 0.2) is 10.6 Å². The zero-order chi connectivity index (χ0) is 12.3. The third-order valence-corrected chi connectivity index (χ3v) is 2.54. The molecule has 0 fully saturated rings. The van der Waals surface area contributed by atoms with E-state index in [0.29, 0.717) is 17.3 Å². The van der Waals surface area contributed by atoms with Crippen LogP contribution in [0.15, 0.2) is 30.3 Å². The molecular weight excluding hydrogens is 244 g/mol. The van der Waals surface area contributed by atoms with Crippen LogP contribution in [0.25, 0.3) is 0 Å². The molecule has 0 spiro atoms. The lowest BCUT2D eigenvalue weighted by molar-refractivity contribution is 0.0669. The summed E-state index contributed by atoms with van der Waals surface area (Å²) < 4.78 is 8.37. The van der Waals surface area contributed by atoms with E-state index < -0.39 is 11.9 Å². The Morgan fingerprint density at radius 2 is 1.94 bits per heavy atom. The second-order valence-electron chi connectivity index (χ2n) is 2.96. The van der Waals surface area contributed by atoms with Crippen molar-refractivity contribution in [3.05, 3.63) is 40.9 Å². The van der Waals surface area contributed by atoms with E-state index in [9.17, 15) is 9.59 Å². The highest BCUT2D eigenvalue weighted by atomic mass is 32.1. The first-order valence-corrected chi connectivity index (χ1v) is 5.28. The van der Waals surface area contributed by atoms with Crippen molar-refractivity contribution >= 4 is 23.5 Å². The van der Waals surface area contributed by atoms with Crippen molar-refractivity contribution in [1.82, 2.24) is 9.59 Å². The molecule has 2 rings (SSSR count). The van der Waals surface area contributed by atoms with Crippen LogP contribution in [-0.4, -0.2) is 26.6 Å². The molecule has 17 heavy (non-hydrogen) atoms. The van der Waals surface area contributed by atoms with Gasteiger partial charge in [-0.15, -0.1) is 5.10 Å². The van der Waals surface area contributed by atoms with Gasteiger partial charge >= 0.3 is 11.9 Å². The molecular formula is C10H6N2O4S. The molecule has 0 saturated carbocycles. The number of ether oxygens (including phenoxy) is 1. The molecule has 86 valence electrons. The molecule has 0 aliphatic rings. The number of para-hydroxylation sites is 1. The summed E-state index contributed by atoms with van der Waals surface area (Å²) in [6.45, 7) is 0. The predicted octanol–water partition coefficient (Wildman–Crippen LogP) is 1.46. The third-order valence-electron chi connectivity index (χ3n) is 1.83. The van der Waals surface area contributed by atoms with E-state index in [1.165, 1.54) is 0 Å². The van der Waals surface area contributed by atoms with Gasteiger partial charge in [0.05, 0.1) is 0 Å². The average Bonchev–Trinajstić information content (AvgIpc) is 2.79. The second kappa shape index (κ2) is 4.71. The summed E-state index contributed by atoms with van der Waals surface area (Å²) >= 11 is 0.635. The Kier molecular flexibility index (Phi) is 3.10. The second-order valence-corrected chi connectivity index (χ2v) is 3.71. The van der Waals surface area contributed by atoms with Crippen LogP contribution in [0.2, 0.25) is 0 Å². The van der Waals surface area contributed by atoms with E-state index in [4.69, 9.17) is 9.84 Å². The van der Waals surface area contributed by atoms with Gasteiger partial charge in [0, 0.05) is 0 Å². The third kappa shape index (κ3) is 2.45. The lowest BCUT2D eigenvalue weighted by atomic mass is 10.3. The van der Waals surface area contributed by atoms with Gasteiger partial charge in [-0.05, 0) is 23.7 Å². The average molecular weight is 250 g/mol. The van der Waals surface area contributed by atoms with Crippen LogP contribution in [-0.2, 0) is 0 Å². The first-order chi connectivity index (χ1) is 8.18. The molecule has 0 saturated heterocycles. The molecule has 0 atom stereocenters. The van der Waals surface area contributed by atoms with Crippen LogP contribution < -0.4 is 4.74 Å². The Labute approximate surface area is 99.6 Å². The molecule has 0 unspecified atom stereocenters. The molecule has 0 radical (unpaired) electrons. The van der Waals surface area contributed by atoms with Gasteiger partial charge in [-0.25, -0.2) is 9.59 Å². The normalized spacial score (nSPS) is 9.88. The maximum absolute atomic E-state index is 11.6. The number of carboxylic acids is 1. The number of carbonyl (C=O) groups is 2. The minimum atomic E-state index is -1.25. The zero-order valence-corrected chi connectivity index (χ0v) is 9.18. The number of carboxylic acid groups (broad SMARTS) is 1. The molecule has 1 N–H and O–H groups in total. The summed E-state index contributed by atoms with van der Waals surface area (Å²) in [5.74, 6) is -1.76. The van der Waals surface area contributed by atoms with Crippen molar-refractivity contribution in [1.29, 1.82) is 0 Å². The number of nitrogens with zero attached hydrogens (tertiary/aromatic N) is 2. The van der Waals surface area contributed by atoms with Crippen LogP contribution in [0, 0.1) is 0 Å². The van der Waals surface area contributed by atoms with Gasteiger partial charge in [-0.3, -0.25) is 0 Å². The molecule has 0 amide bonds. The smallest absolute Gasteiger partial charge is 0.366 e. The molecule has 6 nitrogen and oxygen atoms in total. The van der Waals surface area contributed by atoms with E-state index in [1.807, 2.05) is 0 Å². The quantitative estimate of drug-likeness (QED) is 0.655. The Balaban J connectivity index is 2.21. The van der Waals surface area contributed by atoms with E-state index in [0.717, 1.165) is 0 Å². The minimum absolute atomic E-state index is 0.231. The number of hydrogen-bond donors (Lipinski definition) is 1. The Morgan fingerprint density at radius 3 is 2.59 bits per heavy atom. The number of esters is 1. The van der Waals surface area contributed by atoms with Crippen LogP contribution in [0.3, 0.4) is 0 Å². The van der Waals surface area contributed by atoms with Crippen LogP contribution in [0.5, 0.6) is 5.75 Å². The standard InChI is InChI=1S/C10H6N2O4S/c13-9(14)8-7(11-12-17-8)10(15)16-6-4-2-1-3-5-6/h1-5H,(H,13,14). The van der Waals surface area contributed by atoms with E-state index in [-0.39, 0.29) is 10.6 Å². The molecule has 1 aromatic carbocycles. The molecule has 1 heterocycles. The van der Waals surface area contributed by atoms with Crippen molar-refractivity contribution in [2.24, 2.45) is 0 Å². The molecule has 0 bridgehead atoms. The van der Waals surface area contributed by atoms with Gasteiger partial charge < -0.3 is 9.84 Å². The SMILES string of the molecule is O=C(Oc1ccccc1)c1nnsc1C(=O)O. The highest BCUT2D eigenvalue weighted by Crippen LogP contribution is 2.15. The first-order valence-electron chi connectivity index (χ1n) is 4.51. The van der Waals surface area contributed by atoms with Gasteiger partial charge in [0.25, 0.3) is 0 Å². The van der Waals surface area contributed by atoms with Crippen LogP contribution in [0.4, 0.5) is 0 Å². The molecule has 1 aromatic heterocycles. The fourth-order valence-electron chi connectivity index (χ4n) is 1.11. The van der Waals surface area contributed by atoms with E-state index in [2.05, 4.69) is 9.59 Å². The highest BCUT2D eigenvalue weighted by Gasteiger charge is 2.23. The van der Waals surface area contributed by atoms with Crippen molar-refractivity contribution in [3.8, 4) is 5.75 Å². The highest BCUT2D eigenvalue weighted by molar-refractivity contribution is 7.08. The number of rotatable bonds is 3. The maximum atomic E-state index is 11.6.